The first kappa shape index (κ1) is 21.8. The van der Waals surface area contributed by atoms with Crippen LogP contribution in [0.5, 0.6) is 17.2 Å². The number of likely N-dealkylation sites (tertiary alicyclic amines) is 1. The standard InChI is InChI=1S/C25H26FN3O3/c1-31-23-6-5-19(13-24(23)32-22-12-18(15-27)10-20(26)14-22)25(30)29-9-7-17(16-29)11-21-4-2-3-8-28-21/h2-6,8,10,12-14,17H,7,9,11,15-16,27H2,1H3. The summed E-state index contributed by atoms with van der Waals surface area (Å²) in [5, 5.41) is 0. The lowest BCUT2D eigenvalue weighted by Gasteiger charge is -2.18. The Morgan fingerprint density at radius 3 is 2.81 bits per heavy atom. The number of benzene rings is 2. The van der Waals surface area contributed by atoms with Gasteiger partial charge < -0.3 is 20.1 Å². The van der Waals surface area contributed by atoms with Crippen LogP contribution in [0.4, 0.5) is 4.39 Å². The second-order valence-electron chi connectivity index (χ2n) is 7.90. The molecule has 32 heavy (non-hydrogen) atoms. The quantitative estimate of drug-likeness (QED) is 0.602. The summed E-state index contributed by atoms with van der Waals surface area (Å²) in [6.45, 7) is 1.57. The second-order valence-corrected chi connectivity index (χ2v) is 7.90. The van der Waals surface area contributed by atoms with E-state index in [1.807, 2.05) is 23.1 Å². The van der Waals surface area contributed by atoms with E-state index in [1.54, 1.807) is 30.5 Å². The second kappa shape index (κ2) is 9.78. The molecule has 1 aromatic heterocycles. The molecule has 0 bridgehead atoms. The van der Waals surface area contributed by atoms with Crippen LogP contribution in [0.25, 0.3) is 0 Å². The Kier molecular flexibility index (Phi) is 6.66. The molecular formula is C25H26FN3O3. The van der Waals surface area contributed by atoms with Crippen LogP contribution >= 0.6 is 0 Å². The minimum atomic E-state index is -0.440. The van der Waals surface area contributed by atoms with Crippen LogP contribution in [0.15, 0.2) is 60.8 Å². The molecule has 1 fully saturated rings. The van der Waals surface area contributed by atoms with Crippen LogP contribution in [0.3, 0.4) is 0 Å². The molecule has 1 atom stereocenters. The monoisotopic (exact) mass is 435 g/mol. The van der Waals surface area contributed by atoms with Gasteiger partial charge in [0.2, 0.25) is 0 Å². The third kappa shape index (κ3) is 5.06. The van der Waals surface area contributed by atoms with Crippen molar-refractivity contribution >= 4 is 5.91 Å². The third-order valence-electron chi connectivity index (χ3n) is 5.60. The summed E-state index contributed by atoms with van der Waals surface area (Å²) >= 11 is 0. The molecule has 1 saturated heterocycles. The van der Waals surface area contributed by atoms with Gasteiger partial charge in [-0.05, 0) is 66.8 Å². The molecule has 2 aromatic carbocycles. The van der Waals surface area contributed by atoms with E-state index in [1.165, 1.54) is 19.2 Å². The summed E-state index contributed by atoms with van der Waals surface area (Å²) in [7, 11) is 1.52. The zero-order chi connectivity index (χ0) is 22.5. The Morgan fingerprint density at radius 1 is 1.19 bits per heavy atom. The van der Waals surface area contributed by atoms with Gasteiger partial charge >= 0.3 is 0 Å². The van der Waals surface area contributed by atoms with Crippen molar-refractivity contribution in [1.29, 1.82) is 0 Å². The molecule has 0 spiro atoms. The van der Waals surface area contributed by atoms with Crippen LogP contribution < -0.4 is 15.2 Å². The molecule has 0 radical (unpaired) electrons. The number of halogens is 1. The number of amides is 1. The van der Waals surface area contributed by atoms with E-state index in [0.29, 0.717) is 47.4 Å². The summed E-state index contributed by atoms with van der Waals surface area (Å²) in [6, 6.07) is 15.2. The molecule has 0 saturated carbocycles. The first-order valence-electron chi connectivity index (χ1n) is 10.6. The fourth-order valence-corrected chi connectivity index (χ4v) is 3.99. The lowest BCUT2D eigenvalue weighted by atomic mass is 10.0. The molecule has 6 nitrogen and oxygen atoms in total. The minimum absolute atomic E-state index is 0.0667. The predicted molar refractivity (Wildman–Crippen MR) is 119 cm³/mol. The largest absolute Gasteiger partial charge is 0.493 e. The SMILES string of the molecule is COc1ccc(C(=O)N2CCC(Cc3ccccn3)C2)cc1Oc1cc(F)cc(CN)c1. The number of hydrogen-bond acceptors (Lipinski definition) is 5. The molecule has 1 amide bonds. The van der Waals surface area contributed by atoms with Crippen LogP contribution in [-0.2, 0) is 13.0 Å². The number of methoxy groups -OCH3 is 1. The van der Waals surface area contributed by atoms with Crippen LogP contribution in [-0.4, -0.2) is 36.0 Å². The van der Waals surface area contributed by atoms with Crippen LogP contribution in [0, 0.1) is 11.7 Å². The van der Waals surface area contributed by atoms with Crippen molar-refractivity contribution in [3.8, 4) is 17.2 Å². The maximum Gasteiger partial charge on any atom is 0.254 e. The van der Waals surface area contributed by atoms with Gasteiger partial charge in [0.25, 0.3) is 5.91 Å². The number of carbonyl (C=O) groups is 1. The zero-order valence-electron chi connectivity index (χ0n) is 18.0. The Hall–Kier alpha value is -3.45. The third-order valence-corrected chi connectivity index (χ3v) is 5.60. The highest BCUT2D eigenvalue weighted by molar-refractivity contribution is 5.95. The first-order chi connectivity index (χ1) is 15.6. The van der Waals surface area contributed by atoms with Crippen LogP contribution in [0.1, 0.15) is 28.0 Å². The van der Waals surface area contributed by atoms with Gasteiger partial charge in [0.15, 0.2) is 11.5 Å². The summed E-state index contributed by atoms with van der Waals surface area (Å²) in [5.74, 6) is 0.966. The molecule has 4 rings (SSSR count). The average Bonchev–Trinajstić information content (AvgIpc) is 3.27. The number of nitrogens with zero attached hydrogens (tertiary/aromatic N) is 2. The van der Waals surface area contributed by atoms with Crippen molar-refractivity contribution in [2.45, 2.75) is 19.4 Å². The van der Waals surface area contributed by atoms with Gasteiger partial charge in [0.1, 0.15) is 11.6 Å². The normalized spacial score (nSPS) is 15.6. The van der Waals surface area contributed by atoms with Crippen LogP contribution in [0.2, 0.25) is 0 Å². The Balaban J connectivity index is 1.49. The Bertz CT molecular complexity index is 1090. The number of nitrogens with two attached hydrogens (primary N) is 1. The molecule has 1 aliphatic rings. The maximum absolute atomic E-state index is 13.9. The number of rotatable bonds is 7. The van der Waals surface area contributed by atoms with E-state index < -0.39 is 5.82 Å². The lowest BCUT2D eigenvalue weighted by molar-refractivity contribution is 0.0786. The van der Waals surface area contributed by atoms with E-state index >= 15 is 0 Å². The number of aromatic nitrogens is 1. The van der Waals surface area contributed by atoms with Crippen molar-refractivity contribution in [3.63, 3.8) is 0 Å². The van der Waals surface area contributed by atoms with Crippen molar-refractivity contribution in [1.82, 2.24) is 9.88 Å². The van der Waals surface area contributed by atoms with Crippen molar-refractivity contribution in [2.24, 2.45) is 11.7 Å². The molecule has 166 valence electrons. The van der Waals surface area contributed by atoms with Crippen molar-refractivity contribution in [2.75, 3.05) is 20.2 Å². The van der Waals surface area contributed by atoms with E-state index in [4.69, 9.17) is 15.2 Å². The molecule has 2 heterocycles. The van der Waals surface area contributed by atoms with E-state index in [9.17, 15) is 9.18 Å². The highest BCUT2D eigenvalue weighted by atomic mass is 19.1. The van der Waals surface area contributed by atoms with E-state index in [-0.39, 0.29) is 12.5 Å². The van der Waals surface area contributed by atoms with Gasteiger partial charge in [-0.15, -0.1) is 0 Å². The molecule has 7 heteroatoms. The topological polar surface area (TPSA) is 77.7 Å². The zero-order valence-corrected chi connectivity index (χ0v) is 18.0. The minimum Gasteiger partial charge on any atom is -0.493 e. The summed E-state index contributed by atoms with van der Waals surface area (Å²) in [6.07, 6.45) is 3.58. The van der Waals surface area contributed by atoms with Gasteiger partial charge in [-0.25, -0.2) is 4.39 Å². The summed E-state index contributed by atoms with van der Waals surface area (Å²) in [4.78, 5) is 19.4. The fraction of sp³-hybridized carbons (Fsp3) is 0.280. The summed E-state index contributed by atoms with van der Waals surface area (Å²) < 4.78 is 25.1. The van der Waals surface area contributed by atoms with Crippen molar-refractivity contribution in [3.05, 3.63) is 83.4 Å². The molecular weight excluding hydrogens is 409 g/mol. The van der Waals surface area contributed by atoms with Gasteiger partial charge in [0, 0.05) is 43.2 Å². The Morgan fingerprint density at radius 2 is 2.06 bits per heavy atom. The number of hydrogen-bond donors (Lipinski definition) is 1. The number of carbonyl (C=O) groups excluding carboxylic acids is 1. The highest BCUT2D eigenvalue weighted by Gasteiger charge is 2.28. The fourth-order valence-electron chi connectivity index (χ4n) is 3.99. The molecule has 1 aliphatic heterocycles. The van der Waals surface area contributed by atoms with E-state index in [2.05, 4.69) is 4.98 Å². The summed E-state index contributed by atoms with van der Waals surface area (Å²) in [5.41, 5.74) is 7.78. The molecule has 1 unspecified atom stereocenters. The van der Waals surface area contributed by atoms with Gasteiger partial charge in [-0.3, -0.25) is 9.78 Å². The van der Waals surface area contributed by atoms with Gasteiger partial charge in [-0.1, -0.05) is 6.07 Å². The van der Waals surface area contributed by atoms with E-state index in [0.717, 1.165) is 18.5 Å². The Labute approximate surface area is 186 Å². The van der Waals surface area contributed by atoms with Gasteiger partial charge in [0.05, 0.1) is 7.11 Å². The number of pyridine rings is 1. The molecule has 0 aliphatic carbocycles. The molecule has 2 N–H and O–H groups in total. The van der Waals surface area contributed by atoms with Crippen molar-refractivity contribution < 1.29 is 18.7 Å². The number of ether oxygens (including phenoxy) is 2. The highest BCUT2D eigenvalue weighted by Crippen LogP contribution is 2.34. The average molecular weight is 435 g/mol. The smallest absolute Gasteiger partial charge is 0.254 e. The van der Waals surface area contributed by atoms with Gasteiger partial charge in [-0.2, -0.15) is 0 Å². The lowest BCUT2D eigenvalue weighted by Crippen LogP contribution is -2.29. The molecule has 3 aromatic rings. The first-order valence-corrected chi connectivity index (χ1v) is 10.6. The maximum atomic E-state index is 13.9. The predicted octanol–water partition coefficient (Wildman–Crippen LogP) is 4.19.